The van der Waals surface area contributed by atoms with E-state index >= 15 is 0 Å². The van der Waals surface area contributed by atoms with Gasteiger partial charge in [0.2, 0.25) is 5.91 Å². The van der Waals surface area contributed by atoms with Gasteiger partial charge in [-0.2, -0.15) is 0 Å². The number of rotatable bonds is 5. The number of hydrogen-bond acceptors (Lipinski definition) is 3. The molecule has 0 saturated heterocycles. The lowest BCUT2D eigenvalue weighted by Crippen LogP contribution is -2.50. The Bertz CT molecular complexity index is 221. The summed E-state index contributed by atoms with van der Waals surface area (Å²) in [4.78, 5) is 11.7. The summed E-state index contributed by atoms with van der Waals surface area (Å²) in [5.74, 6) is -0.112. The number of aliphatic hydroxyl groups is 1. The number of nitrogens with one attached hydrogen (secondary N) is 1. The normalized spacial score (nSPS) is 27.4. The van der Waals surface area contributed by atoms with E-state index in [0.29, 0.717) is 0 Å². The zero-order valence-electron chi connectivity index (χ0n) is 10.1. The van der Waals surface area contributed by atoms with Crippen molar-refractivity contribution in [1.82, 2.24) is 5.32 Å². The fourth-order valence-electron chi connectivity index (χ4n) is 2.12. The molecule has 0 spiro atoms. The number of carbonyl (C=O) groups excluding carboxylic acids is 1. The molecule has 1 fully saturated rings. The van der Waals surface area contributed by atoms with Crippen molar-refractivity contribution in [3.05, 3.63) is 0 Å². The third-order valence-electron chi connectivity index (χ3n) is 3.26. The van der Waals surface area contributed by atoms with Crippen molar-refractivity contribution < 1.29 is 9.90 Å². The van der Waals surface area contributed by atoms with Crippen molar-refractivity contribution >= 4 is 5.91 Å². The lowest BCUT2D eigenvalue weighted by atomic mass is 9.92. The van der Waals surface area contributed by atoms with Crippen LogP contribution in [0.2, 0.25) is 0 Å². The van der Waals surface area contributed by atoms with Gasteiger partial charge in [-0.3, -0.25) is 4.79 Å². The van der Waals surface area contributed by atoms with E-state index in [4.69, 9.17) is 5.73 Å². The van der Waals surface area contributed by atoms with Crippen LogP contribution in [0.15, 0.2) is 0 Å². The summed E-state index contributed by atoms with van der Waals surface area (Å²) in [6, 6.07) is -0.511. The second-order valence-corrected chi connectivity index (χ2v) is 4.72. The van der Waals surface area contributed by atoms with E-state index in [1.54, 1.807) is 0 Å². The van der Waals surface area contributed by atoms with Crippen LogP contribution in [0.1, 0.15) is 51.9 Å². The van der Waals surface area contributed by atoms with Crippen molar-refractivity contribution in [1.29, 1.82) is 0 Å². The highest BCUT2D eigenvalue weighted by atomic mass is 16.3. The number of unbranched alkanes of at least 4 members (excludes halogenated alkanes) is 1. The molecule has 1 rings (SSSR count). The van der Waals surface area contributed by atoms with Gasteiger partial charge in [0.05, 0.1) is 18.2 Å². The second kappa shape index (κ2) is 6.86. The first kappa shape index (κ1) is 13.5. The maximum absolute atomic E-state index is 11.7. The first-order valence-electron chi connectivity index (χ1n) is 6.39. The molecule has 0 heterocycles. The molecular formula is C12H24N2O2. The van der Waals surface area contributed by atoms with Gasteiger partial charge in [-0.15, -0.1) is 0 Å². The maximum atomic E-state index is 11.7. The Morgan fingerprint density at radius 1 is 1.50 bits per heavy atom. The number of hydrogen-bond donors (Lipinski definition) is 3. The van der Waals surface area contributed by atoms with Crippen LogP contribution < -0.4 is 11.1 Å². The minimum atomic E-state index is -0.422. The predicted octanol–water partition coefficient (Wildman–Crippen LogP) is 0.924. The third-order valence-corrected chi connectivity index (χ3v) is 3.26. The van der Waals surface area contributed by atoms with Gasteiger partial charge in [0.25, 0.3) is 0 Å². The van der Waals surface area contributed by atoms with Gasteiger partial charge >= 0.3 is 0 Å². The highest BCUT2D eigenvalue weighted by Crippen LogP contribution is 2.18. The number of aliphatic hydroxyl groups excluding tert-OH is 1. The zero-order valence-corrected chi connectivity index (χ0v) is 10.1. The zero-order chi connectivity index (χ0) is 12.0. The first-order valence-corrected chi connectivity index (χ1v) is 6.39. The van der Waals surface area contributed by atoms with E-state index in [1.807, 2.05) is 0 Å². The van der Waals surface area contributed by atoms with E-state index in [0.717, 1.165) is 44.9 Å². The summed E-state index contributed by atoms with van der Waals surface area (Å²) in [6.45, 7) is 2.08. The van der Waals surface area contributed by atoms with E-state index < -0.39 is 12.1 Å². The van der Waals surface area contributed by atoms with Crippen LogP contribution in [-0.4, -0.2) is 29.2 Å². The summed E-state index contributed by atoms with van der Waals surface area (Å²) in [7, 11) is 0. The fraction of sp³-hybridized carbons (Fsp3) is 0.917. The van der Waals surface area contributed by atoms with Gasteiger partial charge in [0.15, 0.2) is 0 Å². The lowest BCUT2D eigenvalue weighted by molar-refractivity contribution is -0.124. The lowest BCUT2D eigenvalue weighted by Gasteiger charge is -2.29. The van der Waals surface area contributed by atoms with Crippen LogP contribution in [0.25, 0.3) is 0 Å². The number of nitrogens with two attached hydrogens (primary N) is 1. The summed E-state index contributed by atoms with van der Waals surface area (Å²) in [5, 5.41) is 12.6. The Hall–Kier alpha value is -0.610. The predicted molar refractivity (Wildman–Crippen MR) is 63.9 cm³/mol. The number of carbonyl (C=O) groups is 1. The van der Waals surface area contributed by atoms with Crippen molar-refractivity contribution in [2.75, 3.05) is 0 Å². The van der Waals surface area contributed by atoms with Crippen molar-refractivity contribution in [3.8, 4) is 0 Å². The molecule has 0 aromatic carbocycles. The smallest absolute Gasteiger partial charge is 0.237 e. The SMILES string of the molecule is CCCCC(N)C(=O)NC1CCCCC1O. The molecule has 3 unspecified atom stereocenters. The highest BCUT2D eigenvalue weighted by Gasteiger charge is 2.25. The van der Waals surface area contributed by atoms with E-state index in [2.05, 4.69) is 12.2 Å². The molecule has 3 atom stereocenters. The van der Waals surface area contributed by atoms with E-state index in [-0.39, 0.29) is 11.9 Å². The fourth-order valence-corrected chi connectivity index (χ4v) is 2.12. The Balaban J connectivity index is 2.31. The van der Waals surface area contributed by atoms with Crippen LogP contribution in [-0.2, 0) is 4.79 Å². The van der Waals surface area contributed by atoms with Gasteiger partial charge in [-0.25, -0.2) is 0 Å². The maximum Gasteiger partial charge on any atom is 0.237 e. The molecule has 0 radical (unpaired) electrons. The van der Waals surface area contributed by atoms with Gasteiger partial charge < -0.3 is 16.2 Å². The molecule has 4 heteroatoms. The highest BCUT2D eigenvalue weighted by molar-refractivity contribution is 5.81. The van der Waals surface area contributed by atoms with Crippen LogP contribution in [0.5, 0.6) is 0 Å². The summed E-state index contributed by atoms with van der Waals surface area (Å²) < 4.78 is 0. The van der Waals surface area contributed by atoms with Gasteiger partial charge in [0.1, 0.15) is 0 Å². The van der Waals surface area contributed by atoms with Gasteiger partial charge in [-0.1, -0.05) is 32.6 Å². The monoisotopic (exact) mass is 228 g/mol. The quantitative estimate of drug-likeness (QED) is 0.655. The Morgan fingerprint density at radius 2 is 2.19 bits per heavy atom. The summed E-state index contributed by atoms with van der Waals surface area (Å²) in [6.07, 6.45) is 6.14. The molecule has 0 aromatic heterocycles. The van der Waals surface area contributed by atoms with Crippen LogP contribution in [0.3, 0.4) is 0 Å². The average molecular weight is 228 g/mol. The first-order chi connectivity index (χ1) is 7.65. The molecule has 1 aliphatic rings. The topological polar surface area (TPSA) is 75.4 Å². The largest absolute Gasteiger partial charge is 0.391 e. The molecule has 0 aliphatic heterocycles. The van der Waals surface area contributed by atoms with E-state index in [9.17, 15) is 9.90 Å². The Morgan fingerprint density at radius 3 is 2.81 bits per heavy atom. The summed E-state index contributed by atoms with van der Waals surface area (Å²) >= 11 is 0. The molecule has 1 aliphatic carbocycles. The second-order valence-electron chi connectivity index (χ2n) is 4.72. The third kappa shape index (κ3) is 4.10. The molecule has 0 aromatic rings. The number of amides is 1. The molecule has 0 bridgehead atoms. The van der Waals surface area contributed by atoms with Crippen LogP contribution in [0.4, 0.5) is 0 Å². The molecule has 1 saturated carbocycles. The summed E-state index contributed by atoms with van der Waals surface area (Å²) in [5.41, 5.74) is 5.77. The Labute approximate surface area is 97.6 Å². The van der Waals surface area contributed by atoms with Crippen LogP contribution >= 0.6 is 0 Å². The minimum absolute atomic E-state index is 0.0890. The molecule has 1 amide bonds. The average Bonchev–Trinajstić information content (AvgIpc) is 2.28. The van der Waals surface area contributed by atoms with E-state index in [1.165, 1.54) is 0 Å². The van der Waals surface area contributed by atoms with Gasteiger partial charge in [-0.05, 0) is 19.3 Å². The minimum Gasteiger partial charge on any atom is -0.391 e. The van der Waals surface area contributed by atoms with Crippen molar-refractivity contribution in [2.45, 2.75) is 70.1 Å². The van der Waals surface area contributed by atoms with Crippen molar-refractivity contribution in [3.63, 3.8) is 0 Å². The molecule has 4 nitrogen and oxygen atoms in total. The van der Waals surface area contributed by atoms with Crippen LogP contribution in [0, 0.1) is 0 Å². The molecular weight excluding hydrogens is 204 g/mol. The standard InChI is InChI=1S/C12H24N2O2/c1-2-3-6-9(13)12(16)14-10-7-4-5-8-11(10)15/h9-11,15H,2-8,13H2,1H3,(H,14,16). The van der Waals surface area contributed by atoms with Gasteiger partial charge in [0, 0.05) is 0 Å². The molecule has 16 heavy (non-hydrogen) atoms. The Kier molecular flexibility index (Phi) is 5.77. The molecule has 4 N–H and O–H groups in total. The van der Waals surface area contributed by atoms with Crippen molar-refractivity contribution in [2.24, 2.45) is 5.73 Å². The molecule has 94 valence electrons.